The zero-order chi connectivity index (χ0) is 24.8. The molecule has 3 aromatic rings. The summed E-state index contributed by atoms with van der Waals surface area (Å²) in [6.07, 6.45) is 2.22. The van der Waals surface area contributed by atoms with Gasteiger partial charge in [0.05, 0.1) is 35.9 Å². The first-order valence-electron chi connectivity index (χ1n) is 11.6. The Balaban J connectivity index is 1.61. The summed E-state index contributed by atoms with van der Waals surface area (Å²) in [6, 6.07) is 11.1. The molecule has 0 spiro atoms. The molecule has 1 aliphatic rings. The van der Waals surface area contributed by atoms with Crippen LogP contribution in [0.15, 0.2) is 52.2 Å². The van der Waals surface area contributed by atoms with Crippen molar-refractivity contribution >= 4 is 40.5 Å². The number of morpholine rings is 1. The molecule has 2 aromatic heterocycles. The predicted molar refractivity (Wildman–Crippen MR) is 143 cm³/mol. The molecule has 0 unspecified atom stereocenters. The van der Waals surface area contributed by atoms with Gasteiger partial charge in [0, 0.05) is 48.0 Å². The normalized spacial score (nSPS) is 14.4. The average Bonchev–Trinajstić information content (AvgIpc) is 3.38. The number of rotatable bonds is 8. The smallest absolute Gasteiger partial charge is 0.274 e. The second-order valence-electron chi connectivity index (χ2n) is 9.07. The SMILES string of the molecule is CC(C)(O)CCN=Cc1cc(NC(=O)c2cccc(-c3ccsc3)n2)c(N2CCOCC2)cc1N. The number of aliphatic imine (C=N–C) groups is 1. The summed E-state index contributed by atoms with van der Waals surface area (Å²) >= 11 is 1.59. The van der Waals surface area contributed by atoms with Crippen LogP contribution < -0.4 is 16.0 Å². The maximum absolute atomic E-state index is 13.2. The zero-order valence-electron chi connectivity index (χ0n) is 20.0. The van der Waals surface area contributed by atoms with Gasteiger partial charge in [0.25, 0.3) is 5.91 Å². The van der Waals surface area contributed by atoms with Crippen LogP contribution in [0.1, 0.15) is 36.3 Å². The lowest BCUT2D eigenvalue weighted by molar-refractivity contribution is 0.0739. The van der Waals surface area contributed by atoms with E-state index in [-0.39, 0.29) is 5.91 Å². The van der Waals surface area contributed by atoms with E-state index in [2.05, 4.69) is 20.2 Å². The fourth-order valence-electron chi connectivity index (χ4n) is 3.72. The number of anilines is 3. The van der Waals surface area contributed by atoms with Crippen LogP contribution in [-0.4, -0.2) is 60.7 Å². The minimum atomic E-state index is -0.785. The maximum atomic E-state index is 13.2. The number of carbonyl (C=O) groups is 1. The molecule has 35 heavy (non-hydrogen) atoms. The van der Waals surface area contributed by atoms with Crippen LogP contribution in [0.25, 0.3) is 11.3 Å². The van der Waals surface area contributed by atoms with Crippen molar-refractivity contribution in [3.63, 3.8) is 0 Å². The van der Waals surface area contributed by atoms with E-state index in [0.717, 1.165) is 16.9 Å². The first kappa shape index (κ1) is 24.8. The van der Waals surface area contributed by atoms with E-state index in [1.165, 1.54) is 0 Å². The summed E-state index contributed by atoms with van der Waals surface area (Å²) in [6.45, 7) is 6.59. The number of pyridine rings is 1. The summed E-state index contributed by atoms with van der Waals surface area (Å²) in [5.74, 6) is -0.300. The van der Waals surface area contributed by atoms with Crippen molar-refractivity contribution in [1.29, 1.82) is 0 Å². The Kier molecular flexibility index (Phi) is 7.80. The molecule has 0 bridgehead atoms. The Bertz CT molecular complexity index is 1180. The molecule has 1 aromatic carbocycles. The van der Waals surface area contributed by atoms with Crippen molar-refractivity contribution < 1.29 is 14.6 Å². The van der Waals surface area contributed by atoms with E-state index < -0.39 is 5.60 Å². The van der Waals surface area contributed by atoms with E-state index in [9.17, 15) is 9.90 Å². The van der Waals surface area contributed by atoms with E-state index in [1.54, 1.807) is 37.5 Å². The highest BCUT2D eigenvalue weighted by Crippen LogP contribution is 2.32. The minimum absolute atomic E-state index is 0.300. The Hall–Kier alpha value is -3.27. The number of nitrogens with two attached hydrogens (primary N) is 1. The van der Waals surface area contributed by atoms with Crippen molar-refractivity contribution in [2.24, 2.45) is 4.99 Å². The Labute approximate surface area is 209 Å². The minimum Gasteiger partial charge on any atom is -0.398 e. The van der Waals surface area contributed by atoms with E-state index in [4.69, 9.17) is 10.5 Å². The van der Waals surface area contributed by atoms with Gasteiger partial charge >= 0.3 is 0 Å². The third kappa shape index (κ3) is 6.66. The first-order valence-corrected chi connectivity index (χ1v) is 12.5. The third-order valence-corrected chi connectivity index (χ3v) is 6.37. The molecule has 184 valence electrons. The number of thiophene rings is 1. The second-order valence-corrected chi connectivity index (χ2v) is 9.85. The van der Waals surface area contributed by atoms with E-state index in [0.29, 0.717) is 61.9 Å². The average molecular weight is 494 g/mol. The summed E-state index contributed by atoms with van der Waals surface area (Å²) in [7, 11) is 0. The molecule has 4 N–H and O–H groups in total. The van der Waals surface area contributed by atoms with Crippen LogP contribution in [0.5, 0.6) is 0 Å². The topological polar surface area (TPSA) is 113 Å². The molecule has 1 fully saturated rings. The molecule has 9 heteroatoms. The van der Waals surface area contributed by atoms with Crippen LogP contribution in [0, 0.1) is 0 Å². The summed E-state index contributed by atoms with van der Waals surface area (Å²) < 4.78 is 5.50. The molecule has 0 aliphatic carbocycles. The number of ether oxygens (including phenoxy) is 1. The second kappa shape index (κ2) is 11.0. The van der Waals surface area contributed by atoms with Crippen molar-refractivity contribution in [2.75, 3.05) is 48.8 Å². The van der Waals surface area contributed by atoms with E-state index >= 15 is 0 Å². The molecule has 1 aliphatic heterocycles. The monoisotopic (exact) mass is 493 g/mol. The number of benzene rings is 1. The largest absolute Gasteiger partial charge is 0.398 e. The highest BCUT2D eigenvalue weighted by Gasteiger charge is 2.19. The van der Waals surface area contributed by atoms with Crippen molar-refractivity contribution in [3.8, 4) is 11.3 Å². The molecular weight excluding hydrogens is 462 g/mol. The molecule has 3 heterocycles. The van der Waals surface area contributed by atoms with Crippen molar-refractivity contribution in [3.05, 3.63) is 58.4 Å². The molecule has 0 atom stereocenters. The summed E-state index contributed by atoms with van der Waals surface area (Å²) in [5, 5.41) is 16.9. The molecule has 1 saturated heterocycles. The van der Waals surface area contributed by atoms with Crippen LogP contribution >= 0.6 is 11.3 Å². The van der Waals surface area contributed by atoms with E-state index in [1.807, 2.05) is 41.1 Å². The van der Waals surface area contributed by atoms with Gasteiger partial charge in [-0.25, -0.2) is 4.98 Å². The summed E-state index contributed by atoms with van der Waals surface area (Å²) in [5.41, 5.74) is 10.4. The quantitative estimate of drug-likeness (QED) is 0.322. The van der Waals surface area contributed by atoms with Crippen LogP contribution in [0.3, 0.4) is 0 Å². The van der Waals surface area contributed by atoms with Gasteiger partial charge in [0.2, 0.25) is 0 Å². The van der Waals surface area contributed by atoms with Gasteiger partial charge in [-0.1, -0.05) is 6.07 Å². The van der Waals surface area contributed by atoms with Crippen molar-refractivity contribution in [2.45, 2.75) is 25.9 Å². The van der Waals surface area contributed by atoms with Gasteiger partial charge in [-0.15, -0.1) is 0 Å². The van der Waals surface area contributed by atoms with Gasteiger partial charge in [-0.05, 0) is 56.0 Å². The highest BCUT2D eigenvalue weighted by molar-refractivity contribution is 7.08. The molecule has 1 amide bonds. The van der Waals surface area contributed by atoms with Gasteiger partial charge < -0.3 is 25.8 Å². The molecule has 8 nitrogen and oxygen atoms in total. The standard InChI is InChI=1S/C26H31N5O3S/c1-26(2,33)7-8-28-16-19-14-23(24(15-20(19)27)31-9-11-34-12-10-31)30-25(32)22-5-3-4-21(29-22)18-6-13-35-17-18/h3-6,13-17,33H,7-12,27H2,1-2H3,(H,30,32). The lowest BCUT2D eigenvalue weighted by Gasteiger charge is -2.31. The first-order chi connectivity index (χ1) is 16.8. The van der Waals surface area contributed by atoms with Gasteiger partial charge in [-0.3, -0.25) is 9.79 Å². The number of nitrogen functional groups attached to an aromatic ring is 1. The molecule has 0 saturated carbocycles. The number of amides is 1. The number of nitrogens with one attached hydrogen (secondary N) is 1. The number of hydrogen-bond donors (Lipinski definition) is 3. The maximum Gasteiger partial charge on any atom is 0.274 e. The number of nitrogens with zero attached hydrogens (tertiary/aromatic N) is 3. The number of hydrogen-bond acceptors (Lipinski definition) is 8. The third-order valence-electron chi connectivity index (χ3n) is 5.68. The number of aliphatic hydroxyl groups is 1. The summed E-state index contributed by atoms with van der Waals surface area (Å²) in [4.78, 5) is 24.4. The molecular formula is C26H31N5O3S. The molecule has 4 rings (SSSR count). The van der Waals surface area contributed by atoms with Gasteiger partial charge in [0.15, 0.2) is 0 Å². The lowest BCUT2D eigenvalue weighted by Crippen LogP contribution is -2.37. The van der Waals surface area contributed by atoms with Crippen LogP contribution in [-0.2, 0) is 4.74 Å². The Morgan fingerprint density at radius 3 is 2.83 bits per heavy atom. The fraction of sp³-hybridized carbons (Fsp3) is 0.346. The Morgan fingerprint density at radius 1 is 1.31 bits per heavy atom. The lowest BCUT2D eigenvalue weighted by atomic mass is 10.1. The van der Waals surface area contributed by atoms with Gasteiger partial charge in [-0.2, -0.15) is 11.3 Å². The Morgan fingerprint density at radius 2 is 2.11 bits per heavy atom. The highest BCUT2D eigenvalue weighted by atomic mass is 32.1. The fourth-order valence-corrected chi connectivity index (χ4v) is 4.37. The number of carbonyl (C=O) groups excluding carboxylic acids is 1. The van der Waals surface area contributed by atoms with Crippen molar-refractivity contribution in [1.82, 2.24) is 4.98 Å². The number of aromatic nitrogens is 1. The predicted octanol–water partition coefficient (Wildman–Crippen LogP) is 4.06. The molecule has 0 radical (unpaired) electrons. The van der Waals surface area contributed by atoms with Crippen LogP contribution in [0.4, 0.5) is 17.1 Å². The van der Waals surface area contributed by atoms with Crippen LogP contribution in [0.2, 0.25) is 0 Å². The van der Waals surface area contributed by atoms with Gasteiger partial charge in [0.1, 0.15) is 5.69 Å². The zero-order valence-corrected chi connectivity index (χ0v) is 20.8.